The molecule has 0 heterocycles. The molecule has 408 valence electrons. The number of likely N-dealkylation sites (N-methyl/N-ethyl adjacent to an activating group) is 1. The number of hydrogen-bond donors (Lipinski definition) is 2. The highest BCUT2D eigenvalue weighted by atomic mass is 31.2. The summed E-state index contributed by atoms with van der Waals surface area (Å²) >= 11 is 0. The Labute approximate surface area is 428 Å². The van der Waals surface area contributed by atoms with E-state index in [4.69, 9.17) is 13.8 Å². The first-order valence-corrected chi connectivity index (χ1v) is 31.2. The summed E-state index contributed by atoms with van der Waals surface area (Å²) < 4.78 is 30.6. The number of allylic oxidation sites excluding steroid dienone is 3. The Bertz CT molecular complexity index is 1240. The smallest absolute Gasteiger partial charge is 0.456 e. The van der Waals surface area contributed by atoms with Crippen LogP contribution in [0, 0.1) is 0 Å². The number of nitrogens with one attached hydrogen (secondary N) is 1. The quantitative estimate of drug-likeness (QED) is 0.0205. The number of hydrogen-bond acceptors (Lipinski definition) is 6. The van der Waals surface area contributed by atoms with Crippen LogP contribution in [-0.4, -0.2) is 74.3 Å². The number of quaternary nitrogens is 1. The minimum Gasteiger partial charge on any atom is -0.456 e. The Balaban J connectivity index is 5.15. The first-order chi connectivity index (χ1) is 33.4. The molecule has 10 heteroatoms. The van der Waals surface area contributed by atoms with Crippen LogP contribution in [0.25, 0.3) is 0 Å². The molecule has 1 amide bonds. The number of nitrogens with zero attached hydrogens (tertiary/aromatic N) is 1. The molecule has 0 rings (SSSR count). The minimum atomic E-state index is -4.43. The average Bonchev–Trinajstić information content (AvgIpc) is 3.31. The second-order valence-electron chi connectivity index (χ2n) is 21.5. The van der Waals surface area contributed by atoms with Gasteiger partial charge in [0.1, 0.15) is 19.3 Å². The molecule has 0 aromatic heterocycles. The highest BCUT2D eigenvalue weighted by molar-refractivity contribution is 7.47. The molecule has 9 nitrogen and oxygen atoms in total. The van der Waals surface area contributed by atoms with Crippen LogP contribution < -0.4 is 5.32 Å². The van der Waals surface area contributed by atoms with E-state index < -0.39 is 20.0 Å². The van der Waals surface area contributed by atoms with Crippen LogP contribution in [0.3, 0.4) is 0 Å². The van der Waals surface area contributed by atoms with Gasteiger partial charge in [-0.2, -0.15) is 0 Å². The van der Waals surface area contributed by atoms with E-state index in [1.54, 1.807) is 0 Å². The van der Waals surface area contributed by atoms with Crippen molar-refractivity contribution in [1.82, 2.24) is 5.32 Å². The van der Waals surface area contributed by atoms with Crippen molar-refractivity contribution in [3.8, 4) is 0 Å². The molecular weight excluding hydrogens is 880 g/mol. The molecule has 0 radical (unpaired) electrons. The summed E-state index contributed by atoms with van der Waals surface area (Å²) in [5.74, 6) is -0.495. The summed E-state index contributed by atoms with van der Waals surface area (Å²) in [5.41, 5.74) is 0. The van der Waals surface area contributed by atoms with Gasteiger partial charge >= 0.3 is 13.8 Å². The summed E-state index contributed by atoms with van der Waals surface area (Å²) in [6, 6.07) is -0.840. The fraction of sp³-hybridized carbons (Fsp3) is 0.898. The van der Waals surface area contributed by atoms with Crippen LogP contribution in [0.1, 0.15) is 290 Å². The zero-order chi connectivity index (χ0) is 50.8. The van der Waals surface area contributed by atoms with Crippen molar-refractivity contribution in [3.05, 3.63) is 24.3 Å². The molecule has 0 saturated carbocycles. The number of rotatable bonds is 54. The van der Waals surface area contributed by atoms with Crippen molar-refractivity contribution in [1.29, 1.82) is 0 Å². The highest BCUT2D eigenvalue weighted by Gasteiger charge is 2.30. The second-order valence-corrected chi connectivity index (χ2v) is 23.0. The maximum Gasteiger partial charge on any atom is 0.472 e. The fourth-order valence-electron chi connectivity index (χ4n) is 8.76. The van der Waals surface area contributed by atoms with E-state index in [0.29, 0.717) is 23.9 Å². The van der Waals surface area contributed by atoms with Gasteiger partial charge in [0.2, 0.25) is 5.91 Å². The maximum atomic E-state index is 13.4. The number of amides is 1. The number of unbranched alkanes of at least 4 members (excludes halogenated alkanes) is 36. The van der Waals surface area contributed by atoms with Gasteiger partial charge in [-0.15, -0.1) is 0 Å². The average molecular weight is 997 g/mol. The van der Waals surface area contributed by atoms with E-state index in [9.17, 15) is 19.0 Å². The lowest BCUT2D eigenvalue weighted by atomic mass is 10.0. The molecule has 0 aliphatic carbocycles. The minimum absolute atomic E-state index is 0.0435. The van der Waals surface area contributed by atoms with E-state index in [1.165, 1.54) is 199 Å². The molecule has 0 spiro atoms. The molecule has 0 aliphatic heterocycles. The van der Waals surface area contributed by atoms with Crippen molar-refractivity contribution in [3.63, 3.8) is 0 Å². The van der Waals surface area contributed by atoms with E-state index in [2.05, 4.69) is 38.2 Å². The van der Waals surface area contributed by atoms with Gasteiger partial charge in [0.25, 0.3) is 0 Å². The molecule has 0 aromatic rings. The van der Waals surface area contributed by atoms with Gasteiger partial charge < -0.3 is 19.4 Å². The topological polar surface area (TPSA) is 111 Å². The normalized spacial score (nSPS) is 13.9. The lowest BCUT2D eigenvalue weighted by Crippen LogP contribution is -2.47. The lowest BCUT2D eigenvalue weighted by molar-refractivity contribution is -0.870. The van der Waals surface area contributed by atoms with E-state index >= 15 is 0 Å². The summed E-state index contributed by atoms with van der Waals surface area (Å²) in [4.78, 5) is 37.5. The zero-order valence-electron chi connectivity index (χ0n) is 46.6. The predicted octanol–water partition coefficient (Wildman–Crippen LogP) is 17.8. The van der Waals surface area contributed by atoms with Gasteiger partial charge in [-0.3, -0.25) is 18.6 Å². The van der Waals surface area contributed by atoms with Gasteiger partial charge in [-0.05, 0) is 57.4 Å². The largest absolute Gasteiger partial charge is 0.472 e. The number of phosphoric acid groups is 1. The monoisotopic (exact) mass is 996 g/mol. The molecule has 3 unspecified atom stereocenters. The molecule has 3 atom stereocenters. The highest BCUT2D eigenvalue weighted by Crippen LogP contribution is 2.43. The third-order valence-corrected chi connectivity index (χ3v) is 14.4. The molecule has 0 aliphatic rings. The molecule has 2 N–H and O–H groups in total. The Kier molecular flexibility index (Phi) is 48.9. The Hall–Kier alpha value is -1.51. The van der Waals surface area contributed by atoms with Gasteiger partial charge in [-0.25, -0.2) is 4.57 Å². The van der Waals surface area contributed by atoms with Crippen LogP contribution in [0.2, 0.25) is 0 Å². The molecule has 0 bridgehead atoms. The Morgan fingerprint density at radius 1 is 0.493 bits per heavy atom. The SMILES string of the molecule is CCCCCCCC/C=C/CCCCCCCCCCCCCC(=O)OC(/C=C/CCCCCCCCCCC)C(COP(=O)(O)OCC[N+](C)(C)C)NC(=O)CCCCCCCCCCCCC. The van der Waals surface area contributed by atoms with Crippen molar-refractivity contribution >= 4 is 19.7 Å². The number of carbonyl (C=O) groups is 2. The van der Waals surface area contributed by atoms with Crippen LogP contribution in [-0.2, 0) is 27.9 Å². The summed E-state index contributed by atoms with van der Waals surface area (Å²) in [5, 5.41) is 3.05. The number of ether oxygens (including phenoxy) is 1. The number of carbonyl (C=O) groups excluding carboxylic acids is 2. The number of esters is 1. The zero-order valence-corrected chi connectivity index (χ0v) is 47.5. The van der Waals surface area contributed by atoms with Crippen LogP contribution >= 0.6 is 7.82 Å². The van der Waals surface area contributed by atoms with Crippen LogP contribution in [0.15, 0.2) is 24.3 Å². The van der Waals surface area contributed by atoms with Gasteiger partial charge in [0.05, 0.1) is 33.8 Å². The van der Waals surface area contributed by atoms with Crippen molar-refractivity contribution in [2.75, 3.05) is 40.9 Å². The molecular formula is C59H116N2O7P+. The van der Waals surface area contributed by atoms with Crippen molar-refractivity contribution < 1.29 is 37.3 Å². The maximum absolute atomic E-state index is 13.4. The Morgan fingerprint density at radius 2 is 0.841 bits per heavy atom. The van der Waals surface area contributed by atoms with Gasteiger partial charge in [0, 0.05) is 12.8 Å². The second kappa shape index (κ2) is 50.0. The molecule has 0 saturated heterocycles. The van der Waals surface area contributed by atoms with Gasteiger partial charge in [-0.1, -0.05) is 244 Å². The molecule has 0 fully saturated rings. The van der Waals surface area contributed by atoms with E-state index in [1.807, 2.05) is 33.3 Å². The standard InChI is InChI=1S/C59H115N2O7P/c1-7-10-13-16-19-22-25-26-27-28-29-30-31-32-33-34-37-40-43-46-49-52-59(63)68-57(50-47-44-41-38-35-23-20-17-14-11-8-2)56(55-67-69(64,65)66-54-53-61(4,5)6)60-58(62)51-48-45-42-39-36-24-21-18-15-12-9-3/h26-27,47,50,56-57H,7-25,28-46,48-49,51-55H2,1-6H3,(H-,60,62,64,65)/p+1/b27-26+,50-47+. The predicted molar refractivity (Wildman–Crippen MR) is 296 cm³/mol. The third-order valence-electron chi connectivity index (χ3n) is 13.4. The Morgan fingerprint density at radius 3 is 1.23 bits per heavy atom. The fourth-order valence-corrected chi connectivity index (χ4v) is 9.50. The summed E-state index contributed by atoms with van der Waals surface area (Å²) in [7, 11) is 1.51. The van der Waals surface area contributed by atoms with Crippen LogP contribution in [0.5, 0.6) is 0 Å². The first kappa shape index (κ1) is 67.5. The van der Waals surface area contributed by atoms with Gasteiger partial charge in [0.15, 0.2) is 0 Å². The third kappa shape index (κ3) is 51.2. The van der Waals surface area contributed by atoms with Crippen LogP contribution in [0.4, 0.5) is 0 Å². The molecule has 69 heavy (non-hydrogen) atoms. The van der Waals surface area contributed by atoms with Crippen molar-refractivity contribution in [2.45, 2.75) is 303 Å². The summed E-state index contributed by atoms with van der Waals surface area (Å²) in [6.07, 6.45) is 57.5. The summed E-state index contributed by atoms with van der Waals surface area (Å²) in [6.45, 7) is 7.02. The first-order valence-electron chi connectivity index (χ1n) is 29.7. The van der Waals surface area contributed by atoms with Crippen molar-refractivity contribution in [2.24, 2.45) is 0 Å². The molecule has 0 aromatic carbocycles. The number of phosphoric ester groups is 1. The lowest BCUT2D eigenvalue weighted by Gasteiger charge is -2.27. The van der Waals surface area contributed by atoms with E-state index in [0.717, 1.165) is 57.8 Å². The van der Waals surface area contributed by atoms with E-state index in [-0.39, 0.29) is 25.1 Å².